The molecule has 136 valence electrons. The van der Waals surface area contributed by atoms with Crippen LogP contribution >= 0.6 is 11.3 Å². The van der Waals surface area contributed by atoms with Crippen molar-refractivity contribution in [2.24, 2.45) is 5.73 Å². The molecule has 2 N–H and O–H groups in total. The van der Waals surface area contributed by atoms with Crippen LogP contribution in [0.25, 0.3) is 4.96 Å². The van der Waals surface area contributed by atoms with E-state index in [1.165, 1.54) is 11.1 Å². The van der Waals surface area contributed by atoms with Crippen molar-refractivity contribution >= 4 is 22.2 Å². The van der Waals surface area contributed by atoms with Crippen molar-refractivity contribution in [3.8, 4) is 0 Å². The van der Waals surface area contributed by atoms with Crippen LogP contribution in [0, 0.1) is 0 Å². The summed E-state index contributed by atoms with van der Waals surface area (Å²) in [7, 11) is 0. The minimum absolute atomic E-state index is 0.0535. The van der Waals surface area contributed by atoms with Gasteiger partial charge in [-0.1, -0.05) is 24.3 Å². The van der Waals surface area contributed by atoms with Gasteiger partial charge in [-0.2, -0.15) is 5.10 Å². The van der Waals surface area contributed by atoms with Gasteiger partial charge in [0, 0.05) is 17.8 Å². The summed E-state index contributed by atoms with van der Waals surface area (Å²) in [6.07, 6.45) is 6.47. The van der Waals surface area contributed by atoms with Gasteiger partial charge in [0.1, 0.15) is 5.82 Å². The van der Waals surface area contributed by atoms with E-state index in [2.05, 4.69) is 39.3 Å². The largest absolute Gasteiger partial charge is 0.369 e. The number of nitrogens with zero attached hydrogens (tertiary/aromatic N) is 5. The number of hydrogen-bond acceptors (Lipinski definition) is 5. The molecule has 0 spiro atoms. The Kier molecular flexibility index (Phi) is 3.78. The first-order valence-electron chi connectivity index (χ1n) is 8.86. The monoisotopic (exact) mass is 378 g/mol. The third-order valence-corrected chi connectivity index (χ3v) is 5.71. The molecule has 0 radical (unpaired) electrons. The number of rotatable bonds is 5. The number of nitrogens with two attached hydrogens (primary N) is 1. The van der Waals surface area contributed by atoms with Gasteiger partial charge in [-0.3, -0.25) is 9.20 Å². The molecule has 0 atom stereocenters. The Hall–Kier alpha value is -3.00. The lowest BCUT2D eigenvalue weighted by atomic mass is 10.1. The summed E-state index contributed by atoms with van der Waals surface area (Å²) in [6, 6.07) is 8.68. The third-order valence-electron chi connectivity index (χ3n) is 4.94. The molecular formula is C19H18N6OS. The van der Waals surface area contributed by atoms with E-state index in [1.54, 1.807) is 11.3 Å². The first-order chi connectivity index (χ1) is 13.2. The summed E-state index contributed by atoms with van der Waals surface area (Å²) in [5.41, 5.74) is 8.99. The smallest absolute Gasteiger partial charge is 0.225 e. The van der Waals surface area contributed by atoms with E-state index in [0.29, 0.717) is 12.2 Å². The fourth-order valence-corrected chi connectivity index (χ4v) is 4.50. The normalized spacial score (nSPS) is 14.1. The maximum Gasteiger partial charge on any atom is 0.225 e. The molecule has 5 rings (SSSR count). The van der Waals surface area contributed by atoms with E-state index < -0.39 is 5.91 Å². The number of benzene rings is 1. The lowest BCUT2D eigenvalue weighted by Gasteiger charge is -2.12. The van der Waals surface area contributed by atoms with Crippen LogP contribution < -0.4 is 5.73 Å². The average molecular weight is 378 g/mol. The van der Waals surface area contributed by atoms with Crippen molar-refractivity contribution in [1.29, 1.82) is 0 Å². The van der Waals surface area contributed by atoms with E-state index in [0.717, 1.165) is 29.3 Å². The molecule has 1 aliphatic rings. The van der Waals surface area contributed by atoms with Gasteiger partial charge in [-0.25, -0.2) is 14.6 Å². The van der Waals surface area contributed by atoms with Crippen LogP contribution in [0.4, 0.5) is 0 Å². The van der Waals surface area contributed by atoms with Crippen molar-refractivity contribution in [2.45, 2.75) is 31.7 Å². The first-order valence-corrected chi connectivity index (χ1v) is 9.74. The highest BCUT2D eigenvalue weighted by Crippen LogP contribution is 2.30. The van der Waals surface area contributed by atoms with Crippen molar-refractivity contribution in [2.75, 3.05) is 0 Å². The van der Waals surface area contributed by atoms with Crippen molar-refractivity contribution < 1.29 is 4.79 Å². The van der Waals surface area contributed by atoms with Gasteiger partial charge >= 0.3 is 0 Å². The molecule has 3 aromatic heterocycles. The number of aromatic nitrogens is 5. The molecule has 0 fully saturated rings. The Morgan fingerprint density at radius 3 is 2.70 bits per heavy atom. The van der Waals surface area contributed by atoms with Gasteiger partial charge in [0.05, 0.1) is 24.6 Å². The maximum atomic E-state index is 11.3. The van der Waals surface area contributed by atoms with Crippen LogP contribution in [0.15, 0.2) is 42.0 Å². The van der Waals surface area contributed by atoms with Crippen LogP contribution in [0.2, 0.25) is 0 Å². The van der Waals surface area contributed by atoms with E-state index in [4.69, 9.17) is 5.73 Å². The highest BCUT2D eigenvalue weighted by molar-refractivity contribution is 7.15. The number of fused-ring (bicyclic) bond motifs is 2. The zero-order chi connectivity index (χ0) is 18.4. The SMILES string of the molecule is NC(=O)Cc1nc(Cc2cn3ccsc3n2)n(C2Cc3ccccc3C2)n1. The Morgan fingerprint density at radius 1 is 1.22 bits per heavy atom. The Bertz CT molecular complexity index is 1090. The summed E-state index contributed by atoms with van der Waals surface area (Å²) in [4.78, 5) is 21.6. The molecule has 0 bridgehead atoms. The van der Waals surface area contributed by atoms with Crippen molar-refractivity contribution in [3.63, 3.8) is 0 Å². The predicted octanol–water partition coefficient (Wildman–Crippen LogP) is 1.95. The molecule has 0 saturated heterocycles. The molecule has 1 aromatic carbocycles. The van der Waals surface area contributed by atoms with Crippen LogP contribution in [-0.4, -0.2) is 30.1 Å². The molecule has 0 unspecified atom stereocenters. The molecule has 7 nitrogen and oxygen atoms in total. The number of carbonyl (C=O) groups is 1. The number of amides is 1. The van der Waals surface area contributed by atoms with Crippen LogP contribution in [-0.2, 0) is 30.5 Å². The van der Waals surface area contributed by atoms with Gasteiger partial charge in [-0.05, 0) is 24.0 Å². The van der Waals surface area contributed by atoms with Gasteiger partial charge in [0.15, 0.2) is 10.8 Å². The number of imidazole rings is 1. The molecule has 27 heavy (non-hydrogen) atoms. The highest BCUT2D eigenvalue weighted by atomic mass is 32.1. The Morgan fingerprint density at radius 2 is 2.00 bits per heavy atom. The summed E-state index contributed by atoms with van der Waals surface area (Å²) < 4.78 is 3.99. The van der Waals surface area contributed by atoms with E-state index in [1.807, 2.05) is 26.9 Å². The van der Waals surface area contributed by atoms with E-state index in [9.17, 15) is 4.79 Å². The quantitative estimate of drug-likeness (QED) is 0.575. The van der Waals surface area contributed by atoms with Gasteiger partial charge in [0.2, 0.25) is 5.91 Å². The fourth-order valence-electron chi connectivity index (χ4n) is 3.78. The first kappa shape index (κ1) is 16.2. The molecule has 4 aromatic rings. The standard InChI is InChI=1S/C19H18N6OS/c20-16(26)10-17-22-18(9-14-11-24-5-6-27-19(24)21-14)25(23-17)15-7-12-3-1-2-4-13(12)8-15/h1-6,11,15H,7-10H2,(H2,20,26). The lowest BCUT2D eigenvalue weighted by Crippen LogP contribution is -2.16. The van der Waals surface area contributed by atoms with Crippen LogP contribution in [0.5, 0.6) is 0 Å². The van der Waals surface area contributed by atoms with E-state index in [-0.39, 0.29) is 12.5 Å². The summed E-state index contributed by atoms with van der Waals surface area (Å²) >= 11 is 1.60. The zero-order valence-corrected chi connectivity index (χ0v) is 15.4. The molecular weight excluding hydrogens is 360 g/mol. The molecule has 8 heteroatoms. The second-order valence-electron chi connectivity index (χ2n) is 6.86. The topological polar surface area (TPSA) is 91.1 Å². The van der Waals surface area contributed by atoms with Gasteiger partial charge in [0.25, 0.3) is 0 Å². The zero-order valence-electron chi connectivity index (χ0n) is 14.6. The molecule has 1 aliphatic carbocycles. The lowest BCUT2D eigenvalue weighted by molar-refractivity contribution is -0.117. The number of primary amides is 1. The number of thiazole rings is 1. The molecule has 0 saturated carbocycles. The number of carbonyl (C=O) groups excluding carboxylic acids is 1. The Labute approximate surface area is 159 Å². The Balaban J connectivity index is 1.48. The third kappa shape index (κ3) is 3.02. The second kappa shape index (κ2) is 6.31. The van der Waals surface area contributed by atoms with Crippen molar-refractivity contribution in [3.05, 3.63) is 70.5 Å². The molecule has 0 aliphatic heterocycles. The minimum atomic E-state index is -0.420. The van der Waals surface area contributed by atoms with Crippen molar-refractivity contribution in [1.82, 2.24) is 24.1 Å². The second-order valence-corrected chi connectivity index (χ2v) is 7.74. The van der Waals surface area contributed by atoms with Gasteiger partial charge in [-0.15, -0.1) is 11.3 Å². The van der Waals surface area contributed by atoms with Crippen LogP contribution in [0.3, 0.4) is 0 Å². The summed E-state index contributed by atoms with van der Waals surface area (Å²) in [6.45, 7) is 0. The summed E-state index contributed by atoms with van der Waals surface area (Å²) in [5.74, 6) is 0.889. The van der Waals surface area contributed by atoms with E-state index >= 15 is 0 Å². The fraction of sp³-hybridized carbons (Fsp3) is 0.263. The average Bonchev–Trinajstić information content (AvgIpc) is 3.36. The minimum Gasteiger partial charge on any atom is -0.369 e. The predicted molar refractivity (Wildman–Crippen MR) is 102 cm³/mol. The summed E-state index contributed by atoms with van der Waals surface area (Å²) in [5, 5.41) is 6.64. The highest BCUT2D eigenvalue weighted by Gasteiger charge is 2.27. The van der Waals surface area contributed by atoms with Gasteiger partial charge < -0.3 is 5.73 Å². The molecule has 3 heterocycles. The maximum absolute atomic E-state index is 11.3. The van der Waals surface area contributed by atoms with Crippen LogP contribution in [0.1, 0.15) is 34.5 Å². The molecule has 1 amide bonds. The number of hydrogen-bond donors (Lipinski definition) is 1.